The fraction of sp³-hybridized carbons (Fsp3) is 0.316. The van der Waals surface area contributed by atoms with E-state index in [0.29, 0.717) is 6.54 Å². The third-order valence-electron chi connectivity index (χ3n) is 4.42. The minimum Gasteiger partial charge on any atom is -0.489 e. The van der Waals surface area contributed by atoms with E-state index < -0.39 is 11.2 Å². The summed E-state index contributed by atoms with van der Waals surface area (Å²) in [7, 11) is 1.70. The number of amides is 1. The van der Waals surface area contributed by atoms with Crippen LogP contribution in [0.4, 0.5) is 8.78 Å². The van der Waals surface area contributed by atoms with Crippen LogP contribution in [0.15, 0.2) is 48.5 Å². The van der Waals surface area contributed by atoms with Crippen molar-refractivity contribution < 1.29 is 18.3 Å². The molecule has 0 heterocycles. The number of hydrogen-bond acceptors (Lipinski definition) is 2. The first-order valence-electron chi connectivity index (χ1n) is 7.92. The Bertz CT molecular complexity index is 726. The Morgan fingerprint density at radius 3 is 2.42 bits per heavy atom. The summed E-state index contributed by atoms with van der Waals surface area (Å²) in [6.07, 6.45) is 1.52. The number of rotatable bonds is 6. The Labute approximate surface area is 139 Å². The van der Waals surface area contributed by atoms with Gasteiger partial charge in [0.05, 0.1) is 12.0 Å². The van der Waals surface area contributed by atoms with Gasteiger partial charge in [0.2, 0.25) is 5.91 Å². The molecule has 24 heavy (non-hydrogen) atoms. The summed E-state index contributed by atoms with van der Waals surface area (Å²) >= 11 is 0. The molecule has 5 heteroatoms. The lowest BCUT2D eigenvalue weighted by Gasteiger charge is -2.24. The maximum atomic E-state index is 13.5. The van der Waals surface area contributed by atoms with Gasteiger partial charge in [0.25, 0.3) is 0 Å². The van der Waals surface area contributed by atoms with Crippen molar-refractivity contribution in [1.82, 2.24) is 4.90 Å². The van der Waals surface area contributed by atoms with Crippen LogP contribution in [0.25, 0.3) is 0 Å². The minimum absolute atomic E-state index is 0.00811. The molecule has 1 fully saturated rings. The van der Waals surface area contributed by atoms with Gasteiger partial charge >= 0.3 is 0 Å². The first-order chi connectivity index (χ1) is 11.5. The largest absolute Gasteiger partial charge is 0.489 e. The standard InChI is InChI=1S/C19H19F2NO2/c1-22(12-13-24-17-5-3-2-4-16(17)21)18(23)19(10-11-19)14-6-8-15(20)9-7-14/h2-9H,10-13H2,1H3. The second-order valence-corrected chi connectivity index (χ2v) is 6.09. The van der Waals surface area contributed by atoms with Gasteiger partial charge in [-0.3, -0.25) is 4.79 Å². The van der Waals surface area contributed by atoms with Gasteiger partial charge in [-0.15, -0.1) is 0 Å². The number of benzene rings is 2. The molecule has 0 unspecified atom stereocenters. The topological polar surface area (TPSA) is 29.5 Å². The highest BCUT2D eigenvalue weighted by Gasteiger charge is 2.52. The van der Waals surface area contributed by atoms with E-state index in [-0.39, 0.29) is 24.1 Å². The summed E-state index contributed by atoms with van der Waals surface area (Å²) in [5, 5.41) is 0. The lowest BCUT2D eigenvalue weighted by molar-refractivity contribution is -0.133. The fourth-order valence-electron chi connectivity index (χ4n) is 2.84. The number of nitrogens with zero attached hydrogens (tertiary/aromatic N) is 1. The van der Waals surface area contributed by atoms with E-state index in [1.54, 1.807) is 42.3 Å². The predicted octanol–water partition coefficient (Wildman–Crippen LogP) is 3.53. The van der Waals surface area contributed by atoms with Crippen molar-refractivity contribution in [1.29, 1.82) is 0 Å². The van der Waals surface area contributed by atoms with E-state index in [0.717, 1.165) is 18.4 Å². The number of halogens is 2. The van der Waals surface area contributed by atoms with E-state index in [4.69, 9.17) is 4.74 Å². The van der Waals surface area contributed by atoms with Crippen LogP contribution in [0.2, 0.25) is 0 Å². The monoisotopic (exact) mass is 331 g/mol. The maximum absolute atomic E-state index is 13.5. The molecule has 1 amide bonds. The van der Waals surface area contributed by atoms with Crippen molar-refractivity contribution in [2.24, 2.45) is 0 Å². The van der Waals surface area contributed by atoms with Crippen LogP contribution >= 0.6 is 0 Å². The third-order valence-corrected chi connectivity index (χ3v) is 4.42. The highest BCUT2D eigenvalue weighted by molar-refractivity contribution is 5.91. The van der Waals surface area contributed by atoms with E-state index in [1.165, 1.54) is 18.2 Å². The zero-order chi connectivity index (χ0) is 17.2. The van der Waals surface area contributed by atoms with Crippen LogP contribution in [0.1, 0.15) is 18.4 Å². The molecule has 2 aromatic carbocycles. The van der Waals surface area contributed by atoms with Crippen LogP contribution in [-0.4, -0.2) is 31.0 Å². The highest BCUT2D eigenvalue weighted by atomic mass is 19.1. The SMILES string of the molecule is CN(CCOc1ccccc1F)C(=O)C1(c2ccc(F)cc2)CC1. The molecule has 3 rings (SSSR count). The molecule has 3 nitrogen and oxygen atoms in total. The van der Waals surface area contributed by atoms with Crippen molar-refractivity contribution in [3.8, 4) is 5.75 Å². The Morgan fingerprint density at radius 2 is 1.79 bits per heavy atom. The molecular weight excluding hydrogens is 312 g/mol. The Hall–Kier alpha value is -2.43. The second-order valence-electron chi connectivity index (χ2n) is 6.09. The van der Waals surface area contributed by atoms with Crippen molar-refractivity contribution >= 4 is 5.91 Å². The van der Waals surface area contributed by atoms with Gasteiger partial charge in [0, 0.05) is 7.05 Å². The number of likely N-dealkylation sites (N-methyl/N-ethyl adjacent to an activating group) is 1. The molecule has 0 aliphatic heterocycles. The first-order valence-corrected chi connectivity index (χ1v) is 7.92. The second kappa shape index (κ2) is 6.59. The molecule has 2 aromatic rings. The van der Waals surface area contributed by atoms with Gasteiger partial charge in [0.1, 0.15) is 12.4 Å². The molecule has 1 saturated carbocycles. The van der Waals surface area contributed by atoms with Crippen LogP contribution in [0.5, 0.6) is 5.75 Å². The van der Waals surface area contributed by atoms with Crippen LogP contribution in [-0.2, 0) is 10.2 Å². The molecule has 0 atom stereocenters. The number of ether oxygens (including phenoxy) is 1. The van der Waals surface area contributed by atoms with E-state index in [1.807, 2.05) is 0 Å². The fourth-order valence-corrected chi connectivity index (χ4v) is 2.84. The molecule has 0 aromatic heterocycles. The molecule has 0 spiro atoms. The normalized spacial score (nSPS) is 15.0. The summed E-state index contributed by atoms with van der Waals surface area (Å²) in [6, 6.07) is 12.3. The van der Waals surface area contributed by atoms with Crippen molar-refractivity contribution in [2.75, 3.05) is 20.2 Å². The van der Waals surface area contributed by atoms with Crippen molar-refractivity contribution in [2.45, 2.75) is 18.3 Å². The zero-order valence-corrected chi connectivity index (χ0v) is 13.5. The van der Waals surface area contributed by atoms with E-state index >= 15 is 0 Å². The summed E-state index contributed by atoms with van der Waals surface area (Å²) < 4.78 is 32.0. The molecular formula is C19H19F2NO2. The summed E-state index contributed by atoms with van der Waals surface area (Å²) in [5.41, 5.74) is 0.302. The lowest BCUT2D eigenvalue weighted by Crippen LogP contribution is -2.38. The van der Waals surface area contributed by atoms with Crippen LogP contribution in [0, 0.1) is 11.6 Å². The number of para-hydroxylation sites is 1. The van der Waals surface area contributed by atoms with Crippen LogP contribution < -0.4 is 4.74 Å². The molecule has 1 aliphatic carbocycles. The molecule has 0 bridgehead atoms. The first kappa shape index (κ1) is 16.4. The maximum Gasteiger partial charge on any atom is 0.233 e. The average molecular weight is 331 g/mol. The smallest absolute Gasteiger partial charge is 0.233 e. The molecule has 0 saturated heterocycles. The van der Waals surface area contributed by atoms with Gasteiger partial charge in [-0.2, -0.15) is 0 Å². The summed E-state index contributed by atoms with van der Waals surface area (Å²) in [4.78, 5) is 14.3. The quantitative estimate of drug-likeness (QED) is 0.810. The van der Waals surface area contributed by atoms with Crippen molar-refractivity contribution in [3.63, 3.8) is 0 Å². The van der Waals surface area contributed by atoms with Gasteiger partial charge in [-0.1, -0.05) is 24.3 Å². The van der Waals surface area contributed by atoms with Gasteiger partial charge in [0.15, 0.2) is 11.6 Å². The Morgan fingerprint density at radius 1 is 1.12 bits per heavy atom. The molecule has 126 valence electrons. The molecule has 0 N–H and O–H groups in total. The number of carbonyl (C=O) groups excluding carboxylic acids is 1. The lowest BCUT2D eigenvalue weighted by atomic mass is 9.94. The Balaban J connectivity index is 1.59. The number of carbonyl (C=O) groups is 1. The van der Waals surface area contributed by atoms with Gasteiger partial charge < -0.3 is 9.64 Å². The Kier molecular flexibility index (Phi) is 4.51. The van der Waals surface area contributed by atoms with E-state index in [2.05, 4.69) is 0 Å². The minimum atomic E-state index is -0.541. The van der Waals surface area contributed by atoms with Crippen LogP contribution in [0.3, 0.4) is 0 Å². The third kappa shape index (κ3) is 3.25. The van der Waals surface area contributed by atoms with Crippen molar-refractivity contribution in [3.05, 3.63) is 65.7 Å². The molecule has 1 aliphatic rings. The summed E-state index contributed by atoms with van der Waals surface area (Å²) in [5.74, 6) is -0.561. The zero-order valence-electron chi connectivity index (χ0n) is 13.5. The van der Waals surface area contributed by atoms with E-state index in [9.17, 15) is 13.6 Å². The van der Waals surface area contributed by atoms with Gasteiger partial charge in [-0.25, -0.2) is 8.78 Å². The number of hydrogen-bond donors (Lipinski definition) is 0. The van der Waals surface area contributed by atoms with Gasteiger partial charge in [-0.05, 0) is 42.7 Å². The molecule has 0 radical (unpaired) electrons. The highest BCUT2D eigenvalue weighted by Crippen LogP contribution is 2.49. The average Bonchev–Trinajstić information content (AvgIpc) is 3.38. The summed E-state index contributed by atoms with van der Waals surface area (Å²) in [6.45, 7) is 0.568. The predicted molar refractivity (Wildman–Crippen MR) is 86.8 cm³/mol.